The predicted octanol–water partition coefficient (Wildman–Crippen LogP) is 3.45. The summed E-state index contributed by atoms with van der Waals surface area (Å²) in [6, 6.07) is 0. The maximum Gasteiger partial charge on any atom is 0.0825 e. The van der Waals surface area contributed by atoms with Crippen molar-refractivity contribution in [1.29, 1.82) is 0 Å². The lowest BCUT2D eigenvalue weighted by Crippen LogP contribution is -2.16. The number of aromatic nitrogens is 2. The molecule has 0 amide bonds. The van der Waals surface area contributed by atoms with E-state index in [-0.39, 0.29) is 11.5 Å². The molecule has 0 aliphatic carbocycles. The van der Waals surface area contributed by atoms with E-state index in [0.29, 0.717) is 0 Å². The van der Waals surface area contributed by atoms with Gasteiger partial charge in [0, 0.05) is 18.8 Å². The average Bonchev–Trinajstić information content (AvgIpc) is 2.64. The maximum atomic E-state index is 10.2. The van der Waals surface area contributed by atoms with Gasteiger partial charge in [0.25, 0.3) is 0 Å². The van der Waals surface area contributed by atoms with Crippen LogP contribution in [0.4, 0.5) is 0 Å². The van der Waals surface area contributed by atoms with Gasteiger partial charge in [-0.05, 0) is 18.3 Å². The number of rotatable bonds is 7. The van der Waals surface area contributed by atoms with E-state index in [9.17, 15) is 5.11 Å². The van der Waals surface area contributed by atoms with Crippen LogP contribution >= 0.6 is 0 Å². The summed E-state index contributed by atoms with van der Waals surface area (Å²) in [5.41, 5.74) is 1.13. The molecular weight excluding hydrogens is 212 g/mol. The number of nitrogens with zero attached hydrogens (tertiary/aromatic N) is 2. The minimum atomic E-state index is -0.389. The van der Waals surface area contributed by atoms with Gasteiger partial charge in [0.15, 0.2) is 0 Å². The summed E-state index contributed by atoms with van der Waals surface area (Å²) in [5.74, 6) is 0. The molecule has 1 heterocycles. The van der Waals surface area contributed by atoms with Crippen molar-refractivity contribution in [3.05, 3.63) is 18.0 Å². The van der Waals surface area contributed by atoms with E-state index < -0.39 is 0 Å². The second-order valence-corrected chi connectivity index (χ2v) is 5.79. The molecule has 1 aromatic heterocycles. The molecule has 3 nitrogen and oxygen atoms in total. The van der Waals surface area contributed by atoms with E-state index in [1.165, 1.54) is 25.7 Å². The van der Waals surface area contributed by atoms with Crippen molar-refractivity contribution in [2.75, 3.05) is 0 Å². The molecule has 0 aromatic carbocycles. The Kier molecular flexibility index (Phi) is 5.19. The van der Waals surface area contributed by atoms with Crippen LogP contribution in [0.25, 0.3) is 0 Å². The van der Waals surface area contributed by atoms with Gasteiger partial charge in [-0.1, -0.05) is 40.0 Å². The topological polar surface area (TPSA) is 38.1 Å². The van der Waals surface area contributed by atoms with Crippen LogP contribution < -0.4 is 0 Å². The van der Waals surface area contributed by atoms with Crippen molar-refractivity contribution in [3.63, 3.8) is 0 Å². The monoisotopic (exact) mass is 238 g/mol. The third-order valence-corrected chi connectivity index (χ3v) is 3.31. The van der Waals surface area contributed by atoms with Crippen LogP contribution in [-0.4, -0.2) is 14.9 Å². The molecule has 0 bridgehead atoms. The second-order valence-electron chi connectivity index (χ2n) is 5.79. The maximum absolute atomic E-state index is 10.2. The highest BCUT2D eigenvalue weighted by Crippen LogP contribution is 2.34. The number of aryl methyl sites for hydroxylation is 1. The lowest BCUT2D eigenvalue weighted by atomic mass is 9.81. The van der Waals surface area contributed by atoms with E-state index in [0.717, 1.165) is 12.0 Å². The minimum Gasteiger partial charge on any atom is -0.388 e. The highest BCUT2D eigenvalue weighted by molar-refractivity contribution is 5.08. The number of aliphatic hydroxyl groups excluding tert-OH is 1. The molecule has 0 saturated heterocycles. The Bertz CT molecular complexity index is 331. The molecule has 1 rings (SSSR count). The minimum absolute atomic E-state index is 0.199. The fourth-order valence-electron chi connectivity index (χ4n) is 2.21. The zero-order valence-corrected chi connectivity index (χ0v) is 11.6. The standard InChI is InChI=1S/C14H26N2O/c1-5-6-7-8-14(2,3)9-13(17)12-10-15-16(4)11-12/h10-11,13,17H,5-9H2,1-4H3. The largest absolute Gasteiger partial charge is 0.388 e. The van der Waals surface area contributed by atoms with Crippen LogP contribution in [-0.2, 0) is 7.05 Å². The van der Waals surface area contributed by atoms with Crippen LogP contribution in [0.3, 0.4) is 0 Å². The van der Waals surface area contributed by atoms with E-state index in [1.807, 2.05) is 13.2 Å². The fraction of sp³-hybridized carbons (Fsp3) is 0.786. The van der Waals surface area contributed by atoms with E-state index >= 15 is 0 Å². The van der Waals surface area contributed by atoms with Gasteiger partial charge >= 0.3 is 0 Å². The number of unbranched alkanes of at least 4 members (excludes halogenated alkanes) is 2. The van der Waals surface area contributed by atoms with Gasteiger partial charge in [0.2, 0.25) is 0 Å². The van der Waals surface area contributed by atoms with Crippen molar-refractivity contribution in [2.24, 2.45) is 12.5 Å². The Labute approximate surface area is 105 Å². The summed E-state index contributed by atoms with van der Waals surface area (Å²) in [4.78, 5) is 0. The van der Waals surface area contributed by atoms with Gasteiger partial charge in [0.1, 0.15) is 0 Å². The van der Waals surface area contributed by atoms with Gasteiger partial charge in [-0.25, -0.2) is 0 Å². The third-order valence-electron chi connectivity index (χ3n) is 3.31. The molecule has 98 valence electrons. The third kappa shape index (κ3) is 4.90. The first kappa shape index (κ1) is 14.2. The zero-order valence-electron chi connectivity index (χ0n) is 11.6. The molecule has 1 atom stereocenters. The molecule has 0 spiro atoms. The molecule has 0 aliphatic rings. The van der Waals surface area contributed by atoms with Crippen molar-refractivity contribution in [2.45, 2.75) is 59.0 Å². The first-order chi connectivity index (χ1) is 7.94. The van der Waals surface area contributed by atoms with Crippen LogP contribution in [0.15, 0.2) is 12.4 Å². The number of hydrogen-bond acceptors (Lipinski definition) is 2. The van der Waals surface area contributed by atoms with Crippen LogP contribution in [0.2, 0.25) is 0 Å². The van der Waals surface area contributed by atoms with Crippen molar-refractivity contribution in [1.82, 2.24) is 9.78 Å². The lowest BCUT2D eigenvalue weighted by molar-refractivity contribution is 0.108. The molecule has 0 radical (unpaired) electrons. The lowest BCUT2D eigenvalue weighted by Gasteiger charge is -2.27. The van der Waals surface area contributed by atoms with Crippen molar-refractivity contribution >= 4 is 0 Å². The van der Waals surface area contributed by atoms with Crippen molar-refractivity contribution < 1.29 is 5.11 Å². The fourth-order valence-corrected chi connectivity index (χ4v) is 2.21. The summed E-state index contributed by atoms with van der Waals surface area (Å²) < 4.78 is 1.74. The molecule has 1 unspecified atom stereocenters. The van der Waals surface area contributed by atoms with E-state index in [2.05, 4.69) is 25.9 Å². The number of hydrogen-bond donors (Lipinski definition) is 1. The molecule has 0 saturated carbocycles. The smallest absolute Gasteiger partial charge is 0.0825 e. The molecule has 1 N–H and O–H groups in total. The van der Waals surface area contributed by atoms with Gasteiger partial charge in [-0.2, -0.15) is 5.10 Å². The summed E-state index contributed by atoms with van der Waals surface area (Å²) >= 11 is 0. The second kappa shape index (κ2) is 6.20. The predicted molar refractivity (Wildman–Crippen MR) is 70.7 cm³/mol. The van der Waals surface area contributed by atoms with Gasteiger partial charge in [0.05, 0.1) is 12.3 Å². The zero-order chi connectivity index (χ0) is 12.9. The Morgan fingerprint density at radius 3 is 2.65 bits per heavy atom. The Hall–Kier alpha value is -0.830. The SMILES string of the molecule is CCCCCC(C)(C)CC(O)c1cnn(C)c1. The van der Waals surface area contributed by atoms with Crippen LogP contribution in [0, 0.1) is 5.41 Å². The van der Waals surface area contributed by atoms with Crippen LogP contribution in [0.5, 0.6) is 0 Å². The highest BCUT2D eigenvalue weighted by Gasteiger charge is 2.23. The van der Waals surface area contributed by atoms with Crippen LogP contribution in [0.1, 0.15) is 64.5 Å². The molecule has 17 heavy (non-hydrogen) atoms. The molecule has 0 aliphatic heterocycles. The molecular formula is C14H26N2O. The Morgan fingerprint density at radius 1 is 1.41 bits per heavy atom. The first-order valence-electron chi connectivity index (χ1n) is 6.61. The van der Waals surface area contributed by atoms with Gasteiger partial charge < -0.3 is 5.11 Å². The van der Waals surface area contributed by atoms with Gasteiger partial charge in [-0.15, -0.1) is 0 Å². The van der Waals surface area contributed by atoms with E-state index in [4.69, 9.17) is 0 Å². The Balaban J connectivity index is 2.46. The summed E-state index contributed by atoms with van der Waals surface area (Å²) in [6.07, 6.45) is 9.04. The summed E-state index contributed by atoms with van der Waals surface area (Å²) in [7, 11) is 1.88. The quantitative estimate of drug-likeness (QED) is 0.739. The average molecular weight is 238 g/mol. The summed E-state index contributed by atoms with van der Waals surface area (Å²) in [6.45, 7) is 6.70. The van der Waals surface area contributed by atoms with Gasteiger partial charge in [-0.3, -0.25) is 4.68 Å². The highest BCUT2D eigenvalue weighted by atomic mass is 16.3. The summed E-state index contributed by atoms with van der Waals surface area (Å²) in [5, 5.41) is 14.3. The molecule has 1 aromatic rings. The number of aliphatic hydroxyl groups is 1. The first-order valence-corrected chi connectivity index (χ1v) is 6.61. The molecule has 3 heteroatoms. The van der Waals surface area contributed by atoms with E-state index in [1.54, 1.807) is 10.9 Å². The molecule has 0 fully saturated rings. The van der Waals surface area contributed by atoms with Crippen molar-refractivity contribution in [3.8, 4) is 0 Å². The Morgan fingerprint density at radius 2 is 2.12 bits per heavy atom. The normalized spacial score (nSPS) is 13.9.